The second-order valence-electron chi connectivity index (χ2n) is 9.40. The van der Waals surface area contributed by atoms with Crippen LogP contribution in [0.3, 0.4) is 0 Å². The van der Waals surface area contributed by atoms with Crippen molar-refractivity contribution in [3.8, 4) is 28.6 Å². The first-order valence-electron chi connectivity index (χ1n) is 11.9. The molecule has 0 bridgehead atoms. The number of aliphatic hydroxyl groups excluding tert-OH is 1. The zero-order valence-electron chi connectivity index (χ0n) is 21.0. The van der Waals surface area contributed by atoms with Crippen molar-refractivity contribution in [1.82, 2.24) is 0 Å². The Labute approximate surface area is 209 Å². The van der Waals surface area contributed by atoms with Crippen molar-refractivity contribution in [1.29, 1.82) is 0 Å². The van der Waals surface area contributed by atoms with E-state index in [1.165, 1.54) is 19.2 Å². The van der Waals surface area contributed by atoms with E-state index in [9.17, 15) is 15.0 Å². The summed E-state index contributed by atoms with van der Waals surface area (Å²) in [5.74, 6) is 0.979. The van der Waals surface area contributed by atoms with Gasteiger partial charge in [0.2, 0.25) is 0 Å². The standard InChI is InChI=1S/C28H32O8/c1-17(6-12-25-28(2,3)36-25)5-11-20-23(33-15-29)14-24-26(27(20)31)21(30)13-22(35-24)18-7-9-19(10-8-18)34-16-32-4/h5,7-10,13-14,25,29,31H,6,11-12,15-16H2,1-4H3/b17-5+/t25-/m1/s1. The van der Waals surface area contributed by atoms with Crippen LogP contribution < -0.4 is 14.9 Å². The number of rotatable bonds is 11. The minimum Gasteiger partial charge on any atom is -0.507 e. The largest absolute Gasteiger partial charge is 0.507 e. The summed E-state index contributed by atoms with van der Waals surface area (Å²) >= 11 is 0. The SMILES string of the molecule is COCOc1ccc(-c2cc(=O)c3c(O)c(C/C=C(\C)CC[C@H]4OC4(C)C)c(OCO)cc3o2)cc1. The van der Waals surface area contributed by atoms with E-state index < -0.39 is 6.79 Å². The Morgan fingerprint density at radius 1 is 1.17 bits per heavy atom. The van der Waals surface area contributed by atoms with Crippen LogP contribution in [-0.4, -0.2) is 42.6 Å². The zero-order chi connectivity index (χ0) is 25.9. The van der Waals surface area contributed by atoms with Crippen molar-refractivity contribution >= 4 is 11.0 Å². The van der Waals surface area contributed by atoms with Gasteiger partial charge in [-0.05, 0) is 64.3 Å². The molecule has 1 atom stereocenters. The second kappa shape index (κ2) is 10.7. The van der Waals surface area contributed by atoms with E-state index in [2.05, 4.69) is 13.8 Å². The Hall–Kier alpha value is -3.33. The fourth-order valence-corrected chi connectivity index (χ4v) is 4.18. The smallest absolute Gasteiger partial charge is 0.197 e. The maximum Gasteiger partial charge on any atom is 0.197 e. The number of phenols is 1. The van der Waals surface area contributed by atoms with Gasteiger partial charge >= 0.3 is 0 Å². The van der Waals surface area contributed by atoms with Crippen molar-refractivity contribution in [3.05, 3.63) is 63.8 Å². The minimum atomic E-state index is -0.582. The second-order valence-corrected chi connectivity index (χ2v) is 9.40. The molecule has 8 nitrogen and oxygen atoms in total. The molecule has 4 rings (SSSR count). The molecule has 3 aromatic rings. The predicted octanol–water partition coefficient (Wildman–Crippen LogP) is 4.92. The average molecular weight is 497 g/mol. The van der Waals surface area contributed by atoms with E-state index in [4.69, 9.17) is 23.4 Å². The number of allylic oxidation sites excluding steroid dienone is 2. The molecule has 2 aromatic carbocycles. The highest BCUT2D eigenvalue weighted by molar-refractivity contribution is 5.88. The van der Waals surface area contributed by atoms with Gasteiger partial charge in [0.05, 0.1) is 11.7 Å². The van der Waals surface area contributed by atoms with Gasteiger partial charge in [-0.1, -0.05) is 11.6 Å². The van der Waals surface area contributed by atoms with Gasteiger partial charge in [0.15, 0.2) is 19.0 Å². The first-order chi connectivity index (χ1) is 17.2. The number of ether oxygens (including phenoxy) is 4. The molecule has 192 valence electrons. The van der Waals surface area contributed by atoms with E-state index in [1.807, 2.05) is 13.0 Å². The summed E-state index contributed by atoms with van der Waals surface area (Å²) in [6.45, 7) is 5.72. The van der Waals surface area contributed by atoms with Crippen LogP contribution in [0.25, 0.3) is 22.3 Å². The number of phenolic OH excluding ortho intramolecular Hbond substituents is 1. The zero-order valence-corrected chi connectivity index (χ0v) is 21.0. The molecule has 0 saturated carbocycles. The normalized spacial score (nSPS) is 16.8. The minimum absolute atomic E-state index is 0.0499. The Kier molecular flexibility index (Phi) is 7.68. The van der Waals surface area contributed by atoms with Crippen LogP contribution in [0.2, 0.25) is 0 Å². The molecule has 36 heavy (non-hydrogen) atoms. The summed E-state index contributed by atoms with van der Waals surface area (Å²) in [5, 5.41) is 20.5. The van der Waals surface area contributed by atoms with Crippen molar-refractivity contribution in [2.24, 2.45) is 0 Å². The van der Waals surface area contributed by atoms with E-state index >= 15 is 0 Å². The van der Waals surface area contributed by atoms with Gasteiger partial charge < -0.3 is 33.6 Å². The number of fused-ring (bicyclic) bond motifs is 1. The molecule has 1 aromatic heterocycles. The molecule has 0 spiro atoms. The summed E-state index contributed by atoms with van der Waals surface area (Å²) in [6, 6.07) is 9.88. The lowest BCUT2D eigenvalue weighted by molar-refractivity contribution is 0.0511. The lowest BCUT2D eigenvalue weighted by Gasteiger charge is -2.13. The number of hydrogen-bond donors (Lipinski definition) is 2. The van der Waals surface area contributed by atoms with Crippen LogP contribution >= 0.6 is 0 Å². The van der Waals surface area contributed by atoms with Crippen LogP contribution in [0.4, 0.5) is 0 Å². The van der Waals surface area contributed by atoms with Crippen molar-refractivity contribution in [2.75, 3.05) is 20.7 Å². The third-order valence-electron chi connectivity index (χ3n) is 6.38. The van der Waals surface area contributed by atoms with Crippen LogP contribution in [0.5, 0.6) is 17.2 Å². The Bertz CT molecular complexity index is 1300. The molecule has 2 heterocycles. The van der Waals surface area contributed by atoms with Crippen molar-refractivity contribution in [2.45, 2.75) is 51.7 Å². The number of methoxy groups -OCH3 is 1. The fraction of sp³-hybridized carbons (Fsp3) is 0.393. The number of aromatic hydroxyl groups is 1. The maximum absolute atomic E-state index is 13.0. The lowest BCUT2D eigenvalue weighted by Crippen LogP contribution is -2.05. The molecule has 8 heteroatoms. The first-order valence-corrected chi connectivity index (χ1v) is 11.9. The molecular formula is C28H32O8. The number of hydrogen-bond acceptors (Lipinski definition) is 8. The molecule has 0 amide bonds. The Morgan fingerprint density at radius 2 is 1.89 bits per heavy atom. The molecule has 0 aliphatic carbocycles. The quantitative estimate of drug-likeness (QED) is 0.219. The molecule has 1 aliphatic heterocycles. The number of benzene rings is 2. The predicted molar refractivity (Wildman–Crippen MR) is 135 cm³/mol. The van der Waals surface area contributed by atoms with Crippen molar-refractivity contribution in [3.63, 3.8) is 0 Å². The Morgan fingerprint density at radius 3 is 2.53 bits per heavy atom. The molecule has 1 saturated heterocycles. The summed E-state index contributed by atoms with van der Waals surface area (Å²) in [5.41, 5.74) is 1.94. The van der Waals surface area contributed by atoms with Gasteiger partial charge in [0.1, 0.15) is 34.0 Å². The van der Waals surface area contributed by atoms with Crippen molar-refractivity contribution < 1.29 is 33.6 Å². The Balaban J connectivity index is 1.62. The van der Waals surface area contributed by atoms with Gasteiger partial charge in [-0.3, -0.25) is 4.79 Å². The first kappa shape index (κ1) is 25.8. The summed E-state index contributed by atoms with van der Waals surface area (Å²) in [4.78, 5) is 13.0. The van der Waals surface area contributed by atoms with Gasteiger partial charge in [-0.2, -0.15) is 0 Å². The highest BCUT2D eigenvalue weighted by Gasteiger charge is 2.46. The third-order valence-corrected chi connectivity index (χ3v) is 6.38. The molecule has 0 radical (unpaired) electrons. The molecule has 0 unspecified atom stereocenters. The van der Waals surface area contributed by atoms with E-state index in [-0.39, 0.29) is 46.4 Å². The van der Waals surface area contributed by atoms with Gasteiger partial charge in [-0.15, -0.1) is 0 Å². The molecule has 1 aliphatic rings. The summed E-state index contributed by atoms with van der Waals surface area (Å²) < 4.78 is 27.3. The molecule has 2 N–H and O–H groups in total. The van der Waals surface area contributed by atoms with Crippen LogP contribution in [0.1, 0.15) is 39.2 Å². The fourth-order valence-electron chi connectivity index (χ4n) is 4.18. The lowest BCUT2D eigenvalue weighted by atomic mass is 10.00. The van der Waals surface area contributed by atoms with Crippen LogP contribution in [0.15, 0.2) is 57.3 Å². The number of aliphatic hydroxyl groups is 1. The highest BCUT2D eigenvalue weighted by atomic mass is 16.7. The topological polar surface area (TPSA) is 111 Å². The monoisotopic (exact) mass is 496 g/mol. The van der Waals surface area contributed by atoms with E-state index in [0.717, 1.165) is 18.4 Å². The number of epoxide rings is 1. The van der Waals surface area contributed by atoms with Gasteiger partial charge in [0, 0.05) is 30.4 Å². The van der Waals surface area contributed by atoms with Gasteiger partial charge in [-0.25, -0.2) is 0 Å². The van der Waals surface area contributed by atoms with E-state index in [0.29, 0.717) is 29.1 Å². The highest BCUT2D eigenvalue weighted by Crippen LogP contribution is 2.40. The third kappa shape index (κ3) is 5.73. The van der Waals surface area contributed by atoms with Crippen LogP contribution in [-0.2, 0) is 15.9 Å². The maximum atomic E-state index is 13.0. The molecular weight excluding hydrogens is 464 g/mol. The van der Waals surface area contributed by atoms with E-state index in [1.54, 1.807) is 24.3 Å². The molecule has 1 fully saturated rings. The van der Waals surface area contributed by atoms with Gasteiger partial charge in [0.25, 0.3) is 0 Å². The average Bonchev–Trinajstić information content (AvgIpc) is 3.47. The van der Waals surface area contributed by atoms with Crippen LogP contribution in [0, 0.1) is 0 Å². The summed E-state index contributed by atoms with van der Waals surface area (Å²) in [6.07, 6.45) is 4.37. The summed E-state index contributed by atoms with van der Waals surface area (Å²) in [7, 11) is 1.54.